The molecule has 0 fully saturated rings. The Balaban J connectivity index is 1.72. The van der Waals surface area contributed by atoms with E-state index in [1.54, 1.807) is 23.9 Å². The monoisotopic (exact) mass is 313 g/mol. The van der Waals surface area contributed by atoms with E-state index in [1.807, 2.05) is 25.1 Å². The molecule has 2 aromatic carbocycles. The van der Waals surface area contributed by atoms with E-state index in [-0.39, 0.29) is 10.6 Å². The molecule has 0 amide bonds. The van der Waals surface area contributed by atoms with Gasteiger partial charge in [-0.2, -0.15) is 5.10 Å². The summed E-state index contributed by atoms with van der Waals surface area (Å²) in [7, 11) is 0. The zero-order valence-electron chi connectivity index (χ0n) is 12.0. The van der Waals surface area contributed by atoms with Crippen molar-refractivity contribution >= 4 is 22.5 Å². The topological polar surface area (TPSA) is 67.5 Å². The number of rotatable bonds is 4. The maximum atomic E-state index is 10.7. The van der Waals surface area contributed by atoms with Crippen molar-refractivity contribution in [2.24, 2.45) is 5.10 Å². The molecule has 1 atom stereocenters. The average molecular weight is 313 g/mol. The molecule has 0 aromatic heterocycles. The van der Waals surface area contributed by atoms with Gasteiger partial charge in [-0.15, -0.1) is 0 Å². The smallest absolute Gasteiger partial charge is 0.269 e. The third kappa shape index (κ3) is 2.96. The van der Waals surface area contributed by atoms with Crippen molar-refractivity contribution in [1.82, 2.24) is 5.43 Å². The van der Waals surface area contributed by atoms with Gasteiger partial charge in [-0.1, -0.05) is 42.1 Å². The summed E-state index contributed by atoms with van der Waals surface area (Å²) in [5.74, 6) is 0. The predicted molar refractivity (Wildman–Crippen MR) is 88.8 cm³/mol. The minimum Gasteiger partial charge on any atom is -0.289 e. The Hall–Kier alpha value is -2.34. The van der Waals surface area contributed by atoms with Crippen LogP contribution in [0, 0.1) is 10.1 Å². The second kappa shape index (κ2) is 5.81. The van der Waals surface area contributed by atoms with Gasteiger partial charge in [0.05, 0.1) is 4.92 Å². The molecule has 1 N–H and O–H groups in total. The van der Waals surface area contributed by atoms with Crippen LogP contribution < -0.4 is 5.43 Å². The van der Waals surface area contributed by atoms with Crippen LogP contribution in [0.2, 0.25) is 0 Å². The first-order valence-electron chi connectivity index (χ1n) is 6.88. The van der Waals surface area contributed by atoms with Crippen molar-refractivity contribution in [2.75, 3.05) is 0 Å². The largest absolute Gasteiger partial charge is 0.289 e. The van der Waals surface area contributed by atoms with Crippen LogP contribution in [0.1, 0.15) is 18.1 Å². The number of nitro benzene ring substituents is 1. The van der Waals surface area contributed by atoms with Crippen LogP contribution in [-0.2, 0) is 11.3 Å². The van der Waals surface area contributed by atoms with Crippen LogP contribution in [-0.4, -0.2) is 9.97 Å². The van der Waals surface area contributed by atoms with Gasteiger partial charge >= 0.3 is 0 Å². The van der Waals surface area contributed by atoms with E-state index in [2.05, 4.69) is 22.7 Å². The fraction of sp³-hybridized carbons (Fsp3) is 0.188. The Bertz CT molecular complexity index is 716. The summed E-state index contributed by atoms with van der Waals surface area (Å²) in [6, 6.07) is 16.8. The lowest BCUT2D eigenvalue weighted by Gasteiger charge is -2.23. The van der Waals surface area contributed by atoms with Crippen molar-refractivity contribution in [1.29, 1.82) is 0 Å². The van der Waals surface area contributed by atoms with E-state index in [1.165, 1.54) is 17.7 Å². The summed E-state index contributed by atoms with van der Waals surface area (Å²) < 4.78 is 0. The first kappa shape index (κ1) is 14.6. The maximum absolute atomic E-state index is 10.7. The molecular formula is C16H15N3O2S. The number of nitro groups is 1. The minimum atomic E-state index is -0.390. The first-order valence-corrected chi connectivity index (χ1v) is 7.70. The summed E-state index contributed by atoms with van der Waals surface area (Å²) in [6.45, 7) is 2.03. The molecule has 1 aliphatic rings. The van der Waals surface area contributed by atoms with Crippen molar-refractivity contribution in [3.8, 4) is 0 Å². The molecule has 6 heteroatoms. The van der Waals surface area contributed by atoms with Gasteiger partial charge in [0.1, 0.15) is 9.91 Å². The van der Waals surface area contributed by atoms with Gasteiger partial charge in [-0.25, -0.2) is 0 Å². The van der Waals surface area contributed by atoms with E-state index < -0.39 is 4.92 Å². The number of nitrogens with zero attached hydrogens (tertiary/aromatic N) is 2. The molecule has 2 aromatic rings. The Kier molecular flexibility index (Phi) is 3.85. The molecule has 3 rings (SSSR count). The highest BCUT2D eigenvalue weighted by Crippen LogP contribution is 2.39. The molecule has 0 saturated carbocycles. The van der Waals surface area contributed by atoms with Crippen molar-refractivity contribution in [3.05, 3.63) is 75.8 Å². The first-order chi connectivity index (χ1) is 10.6. The number of non-ortho nitro benzene ring substituents is 1. The summed E-state index contributed by atoms with van der Waals surface area (Å²) in [6.07, 6.45) is 0.779. The molecule has 0 unspecified atom stereocenters. The zero-order valence-corrected chi connectivity index (χ0v) is 12.8. The van der Waals surface area contributed by atoms with Crippen molar-refractivity contribution in [2.45, 2.75) is 18.2 Å². The predicted octanol–water partition coefficient (Wildman–Crippen LogP) is 3.66. The summed E-state index contributed by atoms with van der Waals surface area (Å²) in [4.78, 5) is 9.95. The fourth-order valence-electron chi connectivity index (χ4n) is 2.32. The Labute approximate surface area is 132 Å². The molecule has 112 valence electrons. The molecule has 0 bridgehead atoms. The van der Waals surface area contributed by atoms with Crippen LogP contribution in [0.3, 0.4) is 0 Å². The number of nitrogens with one attached hydrogen (secondary N) is 1. The van der Waals surface area contributed by atoms with Gasteiger partial charge in [0.2, 0.25) is 0 Å². The van der Waals surface area contributed by atoms with E-state index in [0.29, 0.717) is 0 Å². The van der Waals surface area contributed by atoms with Gasteiger partial charge < -0.3 is 0 Å². The van der Waals surface area contributed by atoms with Gasteiger partial charge in [-0.05, 0) is 30.2 Å². The molecular weight excluding hydrogens is 298 g/mol. The van der Waals surface area contributed by atoms with Gasteiger partial charge in [0.15, 0.2) is 0 Å². The maximum Gasteiger partial charge on any atom is 0.269 e. The van der Waals surface area contributed by atoms with Crippen molar-refractivity contribution < 1.29 is 4.92 Å². The second-order valence-electron chi connectivity index (χ2n) is 5.22. The molecule has 5 nitrogen and oxygen atoms in total. The van der Waals surface area contributed by atoms with Crippen molar-refractivity contribution in [3.63, 3.8) is 0 Å². The zero-order chi connectivity index (χ0) is 15.6. The molecule has 0 saturated heterocycles. The normalized spacial score (nSPS) is 20.3. The average Bonchev–Trinajstić information content (AvgIpc) is 2.91. The highest BCUT2D eigenvalue weighted by molar-refractivity contribution is 8.14. The fourth-order valence-corrected chi connectivity index (χ4v) is 3.47. The minimum absolute atomic E-state index is 0.0979. The van der Waals surface area contributed by atoms with Gasteiger partial charge in [-0.3, -0.25) is 15.5 Å². The van der Waals surface area contributed by atoms with Crippen LogP contribution in [0.4, 0.5) is 5.69 Å². The second-order valence-corrected chi connectivity index (χ2v) is 6.71. The molecule has 0 radical (unpaired) electrons. The van der Waals surface area contributed by atoms with E-state index in [0.717, 1.165) is 17.0 Å². The molecule has 1 aliphatic heterocycles. The number of hydrazone groups is 1. The quantitative estimate of drug-likeness (QED) is 0.691. The Morgan fingerprint density at radius 2 is 1.86 bits per heavy atom. The molecule has 0 aliphatic carbocycles. The van der Waals surface area contributed by atoms with E-state index >= 15 is 0 Å². The van der Waals surface area contributed by atoms with E-state index in [9.17, 15) is 10.1 Å². The van der Waals surface area contributed by atoms with Crippen LogP contribution >= 0.6 is 11.8 Å². The summed E-state index contributed by atoms with van der Waals surface area (Å²) >= 11 is 1.64. The Morgan fingerprint density at radius 1 is 1.18 bits per heavy atom. The SMILES string of the molecule is C[C@@]1(c2ccc([N+](=O)[O-])cc2)NN=C(Cc2ccccc2)S1. The molecule has 22 heavy (non-hydrogen) atoms. The van der Waals surface area contributed by atoms with Crippen LogP contribution in [0.5, 0.6) is 0 Å². The summed E-state index contributed by atoms with van der Waals surface area (Å²) in [5, 5.41) is 16.2. The van der Waals surface area contributed by atoms with Gasteiger partial charge in [0, 0.05) is 18.6 Å². The molecule has 0 spiro atoms. The third-order valence-corrected chi connectivity index (χ3v) is 4.75. The van der Waals surface area contributed by atoms with Crippen LogP contribution in [0.15, 0.2) is 59.7 Å². The number of thioether (sulfide) groups is 1. The van der Waals surface area contributed by atoms with Gasteiger partial charge in [0.25, 0.3) is 5.69 Å². The standard InChI is InChI=1S/C16H15N3O2S/c1-16(13-7-9-14(10-8-13)19(20)21)18-17-15(22-16)11-12-5-3-2-4-6-12/h2-10,18H,11H2,1H3/t16-/m1/s1. The number of hydrogen-bond acceptors (Lipinski definition) is 5. The lowest BCUT2D eigenvalue weighted by atomic mass is 10.1. The summed E-state index contributed by atoms with van der Waals surface area (Å²) in [5.41, 5.74) is 5.43. The number of hydrogen-bond donors (Lipinski definition) is 1. The lowest BCUT2D eigenvalue weighted by Crippen LogP contribution is -2.28. The lowest BCUT2D eigenvalue weighted by molar-refractivity contribution is -0.384. The van der Waals surface area contributed by atoms with Crippen LogP contribution in [0.25, 0.3) is 0 Å². The third-order valence-electron chi connectivity index (χ3n) is 3.54. The number of benzene rings is 2. The highest BCUT2D eigenvalue weighted by Gasteiger charge is 2.34. The highest BCUT2D eigenvalue weighted by atomic mass is 32.2. The molecule has 1 heterocycles. The van der Waals surface area contributed by atoms with E-state index in [4.69, 9.17) is 0 Å². The Morgan fingerprint density at radius 3 is 2.50 bits per heavy atom.